The number of nitrogens with one attached hydrogen (secondary N) is 1. The lowest BCUT2D eigenvalue weighted by Crippen LogP contribution is -2.25. The Balaban J connectivity index is 2.26. The lowest BCUT2D eigenvalue weighted by atomic mass is 9.92. The van der Waals surface area contributed by atoms with Crippen molar-refractivity contribution in [3.05, 3.63) is 53.3 Å². The van der Waals surface area contributed by atoms with E-state index in [9.17, 15) is 4.79 Å². The SMILES string of the molecule is C#CCN(Cc1ccc(C)cc1)c1ccc(NC(=O)CC(C)(C)C)c(N)c1F. The van der Waals surface area contributed by atoms with E-state index in [-0.39, 0.29) is 29.2 Å². The van der Waals surface area contributed by atoms with Crippen LogP contribution in [0.3, 0.4) is 0 Å². The molecule has 2 aromatic carbocycles. The fourth-order valence-corrected chi connectivity index (χ4v) is 2.86. The Morgan fingerprint density at radius 1 is 1.21 bits per heavy atom. The van der Waals surface area contributed by atoms with Crippen LogP contribution in [-0.2, 0) is 11.3 Å². The molecule has 0 heterocycles. The number of hydrogen-bond acceptors (Lipinski definition) is 3. The summed E-state index contributed by atoms with van der Waals surface area (Å²) in [5, 5.41) is 2.70. The number of benzene rings is 2. The maximum Gasteiger partial charge on any atom is 0.224 e. The first-order valence-corrected chi connectivity index (χ1v) is 9.22. The Bertz CT molecular complexity index is 876. The highest BCUT2D eigenvalue weighted by atomic mass is 19.1. The standard InChI is InChI=1S/C23H28FN3O/c1-6-13-27(15-17-9-7-16(2)8-10-17)19-12-11-18(22(25)21(19)24)26-20(28)14-23(3,4)5/h1,7-12H,13-15,25H2,2-5H3,(H,26,28). The molecule has 0 atom stereocenters. The molecule has 0 unspecified atom stereocenters. The lowest BCUT2D eigenvalue weighted by Gasteiger charge is -2.25. The van der Waals surface area contributed by atoms with Crippen molar-refractivity contribution < 1.29 is 9.18 Å². The summed E-state index contributed by atoms with van der Waals surface area (Å²) < 4.78 is 15.0. The summed E-state index contributed by atoms with van der Waals surface area (Å²) in [6, 6.07) is 11.2. The number of rotatable bonds is 6. The van der Waals surface area contributed by atoms with Gasteiger partial charge in [0.2, 0.25) is 5.91 Å². The maximum atomic E-state index is 15.0. The van der Waals surface area contributed by atoms with E-state index in [4.69, 9.17) is 12.2 Å². The second-order valence-corrected chi connectivity index (χ2v) is 8.19. The molecule has 0 aliphatic carbocycles. The van der Waals surface area contributed by atoms with Crippen LogP contribution in [0.1, 0.15) is 38.3 Å². The molecular formula is C23H28FN3O. The predicted octanol–water partition coefficient (Wildman–Crippen LogP) is 4.73. The van der Waals surface area contributed by atoms with E-state index in [0.29, 0.717) is 18.7 Å². The largest absolute Gasteiger partial charge is 0.395 e. The first-order valence-electron chi connectivity index (χ1n) is 9.22. The molecule has 0 bridgehead atoms. The first kappa shape index (κ1) is 21.3. The third-order valence-corrected chi connectivity index (χ3v) is 4.24. The Morgan fingerprint density at radius 3 is 2.43 bits per heavy atom. The van der Waals surface area contributed by atoms with Gasteiger partial charge < -0.3 is 16.0 Å². The minimum atomic E-state index is -0.587. The summed E-state index contributed by atoms with van der Waals surface area (Å²) in [5.74, 6) is 1.78. The first-order chi connectivity index (χ1) is 13.1. The van der Waals surface area contributed by atoms with E-state index < -0.39 is 5.82 Å². The zero-order valence-electron chi connectivity index (χ0n) is 17.0. The molecule has 0 saturated carbocycles. The third-order valence-electron chi connectivity index (χ3n) is 4.24. The molecule has 3 N–H and O–H groups in total. The number of aryl methyl sites for hydroxylation is 1. The molecule has 0 spiro atoms. The topological polar surface area (TPSA) is 58.4 Å². The monoisotopic (exact) mass is 381 g/mol. The number of carbonyl (C=O) groups excluding carboxylic acids is 1. The minimum Gasteiger partial charge on any atom is -0.395 e. The molecule has 4 nitrogen and oxygen atoms in total. The quantitative estimate of drug-likeness (QED) is 0.562. The van der Waals surface area contributed by atoms with Gasteiger partial charge in [0.15, 0.2) is 5.82 Å². The van der Waals surface area contributed by atoms with Crippen LogP contribution in [0.25, 0.3) is 0 Å². The zero-order valence-corrected chi connectivity index (χ0v) is 17.0. The maximum absolute atomic E-state index is 15.0. The van der Waals surface area contributed by atoms with Gasteiger partial charge >= 0.3 is 0 Å². The van der Waals surface area contributed by atoms with Gasteiger partial charge in [0.05, 0.1) is 23.6 Å². The molecule has 1 amide bonds. The van der Waals surface area contributed by atoms with E-state index >= 15 is 4.39 Å². The number of hydrogen-bond donors (Lipinski definition) is 2. The molecule has 0 radical (unpaired) electrons. The molecule has 0 aliphatic heterocycles. The van der Waals surface area contributed by atoms with Gasteiger partial charge in [-0.3, -0.25) is 4.79 Å². The Hall–Kier alpha value is -3.00. The van der Waals surface area contributed by atoms with Crippen molar-refractivity contribution in [2.24, 2.45) is 5.41 Å². The van der Waals surface area contributed by atoms with Crippen LogP contribution < -0.4 is 16.0 Å². The lowest BCUT2D eigenvalue weighted by molar-refractivity contribution is -0.117. The molecular weight excluding hydrogens is 353 g/mol. The van der Waals surface area contributed by atoms with E-state index in [0.717, 1.165) is 11.1 Å². The number of nitrogen functional groups attached to an aromatic ring is 1. The molecule has 148 valence electrons. The molecule has 5 heteroatoms. The summed E-state index contributed by atoms with van der Waals surface area (Å²) in [5.41, 5.74) is 8.46. The van der Waals surface area contributed by atoms with Crippen LogP contribution in [0.15, 0.2) is 36.4 Å². The van der Waals surface area contributed by atoms with Crippen LogP contribution in [0.2, 0.25) is 0 Å². The molecule has 0 fully saturated rings. The van der Waals surface area contributed by atoms with Gasteiger partial charge in [-0.15, -0.1) is 6.42 Å². The van der Waals surface area contributed by atoms with Crippen LogP contribution in [-0.4, -0.2) is 12.5 Å². The molecule has 2 rings (SSSR count). The molecule has 0 aromatic heterocycles. The molecule has 0 aliphatic rings. The van der Waals surface area contributed by atoms with E-state index in [1.807, 2.05) is 52.0 Å². The van der Waals surface area contributed by atoms with Gasteiger partial charge in [0.25, 0.3) is 0 Å². The fraction of sp³-hybridized carbons (Fsp3) is 0.348. The van der Waals surface area contributed by atoms with Gasteiger partial charge in [-0.1, -0.05) is 56.5 Å². The molecule has 0 saturated heterocycles. The fourth-order valence-electron chi connectivity index (χ4n) is 2.86. The number of nitrogens with zero attached hydrogens (tertiary/aromatic N) is 1. The second-order valence-electron chi connectivity index (χ2n) is 8.19. The van der Waals surface area contributed by atoms with Crippen LogP contribution in [0.4, 0.5) is 21.5 Å². The highest BCUT2D eigenvalue weighted by Crippen LogP contribution is 2.32. The molecule has 28 heavy (non-hydrogen) atoms. The van der Waals surface area contributed by atoms with E-state index in [2.05, 4.69) is 11.2 Å². The van der Waals surface area contributed by atoms with Crippen molar-refractivity contribution in [1.82, 2.24) is 0 Å². The Morgan fingerprint density at radius 2 is 1.86 bits per heavy atom. The van der Waals surface area contributed by atoms with Crippen molar-refractivity contribution in [2.45, 2.75) is 40.7 Å². The summed E-state index contributed by atoms with van der Waals surface area (Å²) in [6.07, 6.45) is 5.80. The van der Waals surface area contributed by atoms with E-state index in [1.165, 1.54) is 0 Å². The van der Waals surface area contributed by atoms with Gasteiger partial charge in [0.1, 0.15) is 0 Å². The third kappa shape index (κ3) is 5.75. The Labute approximate surface area is 166 Å². The highest BCUT2D eigenvalue weighted by Gasteiger charge is 2.20. The molecule has 2 aromatic rings. The van der Waals surface area contributed by atoms with Crippen molar-refractivity contribution in [3.63, 3.8) is 0 Å². The summed E-state index contributed by atoms with van der Waals surface area (Å²) in [4.78, 5) is 13.9. The number of carbonyl (C=O) groups is 1. The van der Waals surface area contributed by atoms with Gasteiger partial charge in [-0.2, -0.15) is 0 Å². The van der Waals surface area contributed by atoms with Gasteiger partial charge in [-0.25, -0.2) is 4.39 Å². The van der Waals surface area contributed by atoms with Crippen LogP contribution >= 0.6 is 0 Å². The number of nitrogens with two attached hydrogens (primary N) is 1. The van der Waals surface area contributed by atoms with Gasteiger partial charge in [-0.05, 0) is 30.0 Å². The summed E-state index contributed by atoms with van der Waals surface area (Å²) >= 11 is 0. The van der Waals surface area contributed by atoms with Crippen molar-refractivity contribution in [1.29, 1.82) is 0 Å². The van der Waals surface area contributed by atoms with Crippen molar-refractivity contribution in [3.8, 4) is 12.3 Å². The minimum absolute atomic E-state index is 0.0920. The number of anilines is 3. The van der Waals surface area contributed by atoms with Crippen LogP contribution in [0, 0.1) is 30.5 Å². The van der Waals surface area contributed by atoms with Crippen molar-refractivity contribution >= 4 is 23.0 Å². The van der Waals surface area contributed by atoms with Gasteiger partial charge in [0, 0.05) is 13.0 Å². The smallest absolute Gasteiger partial charge is 0.224 e. The summed E-state index contributed by atoms with van der Waals surface area (Å²) in [7, 11) is 0. The highest BCUT2D eigenvalue weighted by molar-refractivity contribution is 5.94. The number of amides is 1. The average molecular weight is 381 g/mol. The zero-order chi connectivity index (χ0) is 20.9. The second kappa shape index (κ2) is 8.79. The summed E-state index contributed by atoms with van der Waals surface area (Å²) in [6.45, 7) is 8.58. The Kier molecular flexibility index (Phi) is 6.69. The average Bonchev–Trinajstić information content (AvgIpc) is 2.59. The normalized spacial score (nSPS) is 11.0. The number of terminal acetylenes is 1. The van der Waals surface area contributed by atoms with Crippen molar-refractivity contribution in [2.75, 3.05) is 22.5 Å². The van der Waals surface area contributed by atoms with E-state index in [1.54, 1.807) is 17.0 Å². The van der Waals surface area contributed by atoms with Crippen LogP contribution in [0.5, 0.6) is 0 Å². The predicted molar refractivity (Wildman–Crippen MR) is 115 cm³/mol. The number of halogens is 1.